The molecule has 1 nitrogen and oxygen atoms in total. The molecule has 0 unspecified atom stereocenters. The van der Waals surface area contributed by atoms with Crippen LogP contribution in [-0.4, -0.2) is 7.05 Å². The monoisotopic (exact) mass is 141 g/mol. The zero-order chi connectivity index (χ0) is 6.69. The molecule has 0 saturated heterocycles. The van der Waals surface area contributed by atoms with Gasteiger partial charge in [-0.05, 0) is 17.4 Å². The Balaban J connectivity index is 2.85. The van der Waals surface area contributed by atoms with Crippen molar-refractivity contribution >= 4 is 17.0 Å². The van der Waals surface area contributed by atoms with Gasteiger partial charge in [-0.25, -0.2) is 0 Å². The average molecular weight is 141 g/mol. The van der Waals surface area contributed by atoms with E-state index >= 15 is 0 Å². The highest BCUT2D eigenvalue weighted by Gasteiger charge is 1.96. The predicted octanol–water partition coefficient (Wildman–Crippen LogP) is 2.35. The van der Waals surface area contributed by atoms with Gasteiger partial charge in [0.05, 0.1) is 0 Å². The lowest BCUT2D eigenvalue weighted by Gasteiger charge is -1.96. The van der Waals surface area contributed by atoms with E-state index in [4.69, 9.17) is 0 Å². The molecule has 0 aromatic carbocycles. The third kappa shape index (κ3) is 1.24. The Labute approximate surface area is 59.7 Å². The Morgan fingerprint density at radius 2 is 2.33 bits per heavy atom. The van der Waals surface area contributed by atoms with Crippen molar-refractivity contribution in [3.05, 3.63) is 16.3 Å². The summed E-state index contributed by atoms with van der Waals surface area (Å²) in [4.78, 5) is 0. The maximum atomic E-state index is 3.14. The van der Waals surface area contributed by atoms with Crippen molar-refractivity contribution in [2.45, 2.75) is 13.3 Å². The first kappa shape index (κ1) is 6.62. The molecule has 1 aromatic rings. The Morgan fingerprint density at radius 1 is 1.56 bits per heavy atom. The van der Waals surface area contributed by atoms with Gasteiger partial charge in [0.15, 0.2) is 0 Å². The minimum absolute atomic E-state index is 1.12. The topological polar surface area (TPSA) is 12.0 Å². The predicted molar refractivity (Wildman–Crippen MR) is 43.2 cm³/mol. The molecule has 0 spiro atoms. The van der Waals surface area contributed by atoms with Crippen molar-refractivity contribution in [2.75, 3.05) is 12.4 Å². The zero-order valence-corrected chi connectivity index (χ0v) is 6.59. The highest BCUT2D eigenvalue weighted by atomic mass is 32.1. The Kier molecular flexibility index (Phi) is 2.11. The van der Waals surface area contributed by atoms with Gasteiger partial charge >= 0.3 is 0 Å². The van der Waals surface area contributed by atoms with Crippen molar-refractivity contribution in [3.63, 3.8) is 0 Å². The quantitative estimate of drug-likeness (QED) is 0.666. The minimum Gasteiger partial charge on any atom is -0.387 e. The van der Waals surface area contributed by atoms with E-state index in [1.807, 2.05) is 7.05 Å². The van der Waals surface area contributed by atoms with E-state index in [2.05, 4.69) is 23.0 Å². The molecule has 0 saturated carbocycles. The van der Waals surface area contributed by atoms with Crippen LogP contribution in [0, 0.1) is 0 Å². The molecular weight excluding hydrogens is 130 g/mol. The van der Waals surface area contributed by atoms with Crippen LogP contribution < -0.4 is 5.32 Å². The van der Waals surface area contributed by atoms with E-state index in [9.17, 15) is 0 Å². The molecule has 0 radical (unpaired) electrons. The average Bonchev–Trinajstić information content (AvgIpc) is 2.33. The molecule has 1 aromatic heterocycles. The van der Waals surface area contributed by atoms with Gasteiger partial charge in [-0.1, -0.05) is 6.92 Å². The summed E-state index contributed by atoms with van der Waals surface area (Å²) < 4.78 is 0. The molecule has 0 amide bonds. The van der Waals surface area contributed by atoms with Gasteiger partial charge in [0.25, 0.3) is 0 Å². The summed E-state index contributed by atoms with van der Waals surface area (Å²) in [7, 11) is 1.96. The van der Waals surface area contributed by atoms with E-state index in [1.54, 1.807) is 11.3 Å². The van der Waals surface area contributed by atoms with Gasteiger partial charge in [-0.3, -0.25) is 0 Å². The van der Waals surface area contributed by atoms with Gasteiger partial charge in [-0.15, -0.1) is 11.3 Å². The summed E-state index contributed by atoms with van der Waals surface area (Å²) >= 11 is 1.75. The van der Waals surface area contributed by atoms with Crippen molar-refractivity contribution in [1.29, 1.82) is 0 Å². The van der Waals surface area contributed by atoms with E-state index in [1.165, 1.54) is 11.3 Å². The summed E-state index contributed by atoms with van der Waals surface area (Å²) in [6, 6.07) is 0. The molecule has 9 heavy (non-hydrogen) atoms. The maximum Gasteiger partial charge on any atom is 0.0478 e. The van der Waals surface area contributed by atoms with Gasteiger partial charge in [0.2, 0.25) is 0 Å². The minimum atomic E-state index is 1.12. The molecule has 0 atom stereocenters. The molecule has 1 rings (SSSR count). The van der Waals surface area contributed by atoms with Crippen LogP contribution >= 0.6 is 11.3 Å². The lowest BCUT2D eigenvalue weighted by Crippen LogP contribution is -1.88. The van der Waals surface area contributed by atoms with Crippen LogP contribution in [-0.2, 0) is 6.42 Å². The molecule has 0 aliphatic rings. The first-order valence-corrected chi connectivity index (χ1v) is 4.05. The summed E-state index contributed by atoms with van der Waals surface area (Å²) in [5, 5.41) is 7.46. The first-order valence-electron chi connectivity index (χ1n) is 3.11. The molecule has 0 aliphatic heterocycles. The van der Waals surface area contributed by atoms with Crippen LogP contribution in [0.25, 0.3) is 0 Å². The van der Waals surface area contributed by atoms with Gasteiger partial charge in [0.1, 0.15) is 0 Å². The highest BCUT2D eigenvalue weighted by molar-refractivity contribution is 7.08. The fraction of sp³-hybridized carbons (Fsp3) is 0.429. The van der Waals surface area contributed by atoms with Crippen LogP contribution in [0.4, 0.5) is 5.69 Å². The van der Waals surface area contributed by atoms with E-state index in [-0.39, 0.29) is 0 Å². The number of aryl methyl sites for hydroxylation is 1. The second-order valence-electron chi connectivity index (χ2n) is 1.91. The third-order valence-electron chi connectivity index (χ3n) is 1.39. The second-order valence-corrected chi connectivity index (χ2v) is 2.66. The Bertz CT molecular complexity index is 162. The summed E-state index contributed by atoms with van der Waals surface area (Å²) in [5.41, 5.74) is 2.70. The SMILES string of the molecule is CCc1cscc1NC. The van der Waals surface area contributed by atoms with Gasteiger partial charge in [-0.2, -0.15) is 0 Å². The number of nitrogens with one attached hydrogen (secondary N) is 1. The second kappa shape index (κ2) is 2.87. The van der Waals surface area contributed by atoms with Crippen molar-refractivity contribution in [3.8, 4) is 0 Å². The number of rotatable bonds is 2. The number of hydrogen-bond donors (Lipinski definition) is 1. The molecule has 1 heterocycles. The molecule has 0 aliphatic carbocycles. The van der Waals surface area contributed by atoms with Crippen LogP contribution in [0.15, 0.2) is 10.8 Å². The van der Waals surface area contributed by atoms with Crippen molar-refractivity contribution in [2.24, 2.45) is 0 Å². The van der Waals surface area contributed by atoms with E-state index < -0.39 is 0 Å². The van der Waals surface area contributed by atoms with Crippen LogP contribution in [0.3, 0.4) is 0 Å². The largest absolute Gasteiger partial charge is 0.387 e. The fourth-order valence-corrected chi connectivity index (χ4v) is 1.75. The summed E-state index contributed by atoms with van der Waals surface area (Å²) in [6.07, 6.45) is 1.12. The molecule has 2 heteroatoms. The van der Waals surface area contributed by atoms with Crippen molar-refractivity contribution < 1.29 is 0 Å². The van der Waals surface area contributed by atoms with E-state index in [0.717, 1.165) is 6.42 Å². The van der Waals surface area contributed by atoms with Crippen molar-refractivity contribution in [1.82, 2.24) is 0 Å². The van der Waals surface area contributed by atoms with Gasteiger partial charge < -0.3 is 5.32 Å². The maximum absolute atomic E-state index is 3.14. The molecule has 0 fully saturated rings. The number of anilines is 1. The van der Waals surface area contributed by atoms with Crippen LogP contribution in [0.2, 0.25) is 0 Å². The highest BCUT2D eigenvalue weighted by Crippen LogP contribution is 2.19. The lowest BCUT2D eigenvalue weighted by atomic mass is 10.2. The third-order valence-corrected chi connectivity index (χ3v) is 2.18. The van der Waals surface area contributed by atoms with Gasteiger partial charge in [0, 0.05) is 18.1 Å². The zero-order valence-electron chi connectivity index (χ0n) is 5.77. The van der Waals surface area contributed by atoms with E-state index in [0.29, 0.717) is 0 Å². The first-order chi connectivity index (χ1) is 4.38. The standard InChI is InChI=1S/C7H11NS/c1-3-6-4-9-5-7(6)8-2/h4-5,8H,3H2,1-2H3. The number of hydrogen-bond acceptors (Lipinski definition) is 2. The Hall–Kier alpha value is -0.500. The molecule has 50 valence electrons. The lowest BCUT2D eigenvalue weighted by molar-refractivity contribution is 1.15. The molecular formula is C7H11NS. The summed E-state index contributed by atoms with van der Waals surface area (Å²) in [6.45, 7) is 2.17. The van der Waals surface area contributed by atoms with Crippen LogP contribution in [0.1, 0.15) is 12.5 Å². The normalized spacial score (nSPS) is 9.56. The molecule has 0 bridgehead atoms. The summed E-state index contributed by atoms with van der Waals surface area (Å²) in [5.74, 6) is 0. The number of thiophene rings is 1. The molecule has 1 N–H and O–H groups in total. The Morgan fingerprint density at radius 3 is 2.78 bits per heavy atom. The smallest absolute Gasteiger partial charge is 0.0478 e. The van der Waals surface area contributed by atoms with Crippen LogP contribution in [0.5, 0.6) is 0 Å². The fourth-order valence-electron chi connectivity index (χ4n) is 0.817.